The first-order valence-electron chi connectivity index (χ1n) is 5.60. The minimum atomic E-state index is 0.764. The largest absolute Gasteiger partial charge is 0.399 e. The van der Waals surface area contributed by atoms with Crippen molar-refractivity contribution >= 4 is 28.5 Å². The number of imidazole rings is 1. The predicted octanol–water partition coefficient (Wildman–Crippen LogP) is 2.41. The van der Waals surface area contributed by atoms with Crippen LogP contribution in [-0.4, -0.2) is 29.4 Å². The average Bonchev–Trinajstić information content (AvgIpc) is 2.70. The molecule has 0 aliphatic heterocycles. The van der Waals surface area contributed by atoms with Gasteiger partial charge in [-0.1, -0.05) is 0 Å². The van der Waals surface area contributed by atoms with Gasteiger partial charge in [0.05, 0.1) is 16.8 Å². The second-order valence-corrected chi connectivity index (χ2v) is 4.96. The van der Waals surface area contributed by atoms with E-state index in [0.717, 1.165) is 47.1 Å². The smallest absolute Gasteiger partial charge is 0.117 e. The summed E-state index contributed by atoms with van der Waals surface area (Å²) >= 11 is 1.86. The van der Waals surface area contributed by atoms with E-state index in [2.05, 4.69) is 9.97 Å². The molecule has 0 saturated heterocycles. The van der Waals surface area contributed by atoms with E-state index in [1.165, 1.54) is 0 Å². The number of fused-ring (bicyclic) bond motifs is 1. The molecular weight excluding hydrogens is 234 g/mol. The van der Waals surface area contributed by atoms with Crippen LogP contribution in [0.5, 0.6) is 0 Å². The highest BCUT2D eigenvalue weighted by Crippen LogP contribution is 2.18. The topological polar surface area (TPSA) is 63.9 Å². The fraction of sp³-hybridized carbons (Fsp3) is 0.417. The minimum absolute atomic E-state index is 0.764. The van der Waals surface area contributed by atoms with Crippen LogP contribution in [0, 0.1) is 0 Å². The maximum absolute atomic E-state index is 5.72. The molecule has 2 aromatic rings. The Morgan fingerprint density at radius 1 is 1.47 bits per heavy atom. The first-order valence-corrected chi connectivity index (χ1v) is 6.76. The summed E-state index contributed by atoms with van der Waals surface area (Å²) in [5.74, 6) is 3.00. The molecule has 0 spiro atoms. The molecule has 0 aliphatic rings. The van der Waals surface area contributed by atoms with Crippen molar-refractivity contribution in [1.29, 1.82) is 0 Å². The molecule has 2 rings (SSSR count). The van der Waals surface area contributed by atoms with E-state index in [9.17, 15) is 0 Å². The van der Waals surface area contributed by atoms with Gasteiger partial charge in [-0.05, 0) is 30.4 Å². The molecule has 17 heavy (non-hydrogen) atoms. The Bertz CT molecular complexity index is 484. The second-order valence-electron chi connectivity index (χ2n) is 3.86. The predicted molar refractivity (Wildman–Crippen MR) is 73.2 cm³/mol. The van der Waals surface area contributed by atoms with Crippen molar-refractivity contribution in [1.82, 2.24) is 9.97 Å². The molecular formula is C12H17N3OS. The molecule has 1 heterocycles. The van der Waals surface area contributed by atoms with E-state index in [-0.39, 0.29) is 0 Å². The summed E-state index contributed by atoms with van der Waals surface area (Å²) in [6.45, 7) is 0.823. The Hall–Kier alpha value is -1.20. The Morgan fingerprint density at radius 2 is 2.35 bits per heavy atom. The van der Waals surface area contributed by atoms with Gasteiger partial charge in [0.2, 0.25) is 0 Å². The van der Waals surface area contributed by atoms with E-state index >= 15 is 0 Å². The lowest BCUT2D eigenvalue weighted by Crippen LogP contribution is -1.91. The van der Waals surface area contributed by atoms with Gasteiger partial charge in [-0.2, -0.15) is 11.8 Å². The number of hydrogen-bond acceptors (Lipinski definition) is 4. The summed E-state index contributed by atoms with van der Waals surface area (Å²) in [6, 6.07) is 5.74. The number of aromatic amines is 1. The number of anilines is 1. The molecule has 3 N–H and O–H groups in total. The molecule has 0 amide bonds. The maximum atomic E-state index is 5.72. The summed E-state index contributed by atoms with van der Waals surface area (Å²) in [7, 11) is 1.73. The molecule has 1 aromatic heterocycles. The molecule has 0 radical (unpaired) electrons. The number of hydrogen-bond donors (Lipinski definition) is 2. The number of H-pyrrole nitrogens is 1. The van der Waals surface area contributed by atoms with Crippen molar-refractivity contribution in [3.05, 3.63) is 24.0 Å². The van der Waals surface area contributed by atoms with Gasteiger partial charge < -0.3 is 15.5 Å². The normalized spacial score (nSPS) is 11.1. The number of aromatic nitrogens is 2. The first kappa shape index (κ1) is 12.3. The van der Waals surface area contributed by atoms with Crippen LogP contribution in [-0.2, 0) is 10.5 Å². The standard InChI is InChI=1S/C12H17N3OS/c1-16-5-2-6-17-8-12-14-10-4-3-9(13)7-11(10)15-12/h3-4,7H,2,5-6,8,13H2,1H3,(H,14,15). The zero-order valence-corrected chi connectivity index (χ0v) is 10.7. The third-order valence-electron chi connectivity index (χ3n) is 2.43. The van der Waals surface area contributed by atoms with Crippen molar-refractivity contribution in [2.45, 2.75) is 12.2 Å². The van der Waals surface area contributed by atoms with Gasteiger partial charge in [0.15, 0.2) is 0 Å². The SMILES string of the molecule is COCCCSCc1nc2ccc(N)cc2[nH]1. The number of ether oxygens (including phenoxy) is 1. The van der Waals surface area contributed by atoms with E-state index in [0.29, 0.717) is 0 Å². The number of thioether (sulfide) groups is 1. The molecule has 4 nitrogen and oxygen atoms in total. The van der Waals surface area contributed by atoms with Crippen LogP contribution in [0.4, 0.5) is 5.69 Å². The monoisotopic (exact) mass is 251 g/mol. The lowest BCUT2D eigenvalue weighted by molar-refractivity contribution is 0.200. The zero-order valence-electron chi connectivity index (χ0n) is 9.90. The van der Waals surface area contributed by atoms with Gasteiger partial charge in [-0.25, -0.2) is 4.98 Å². The van der Waals surface area contributed by atoms with Crippen molar-refractivity contribution in [3.63, 3.8) is 0 Å². The highest BCUT2D eigenvalue weighted by molar-refractivity contribution is 7.98. The summed E-state index contributed by atoms with van der Waals surface area (Å²) < 4.78 is 5.00. The average molecular weight is 251 g/mol. The molecule has 0 bridgehead atoms. The first-order chi connectivity index (χ1) is 8.29. The summed E-state index contributed by atoms with van der Waals surface area (Å²) in [5, 5.41) is 0. The molecule has 92 valence electrons. The minimum Gasteiger partial charge on any atom is -0.399 e. The number of rotatable bonds is 6. The van der Waals surface area contributed by atoms with Crippen LogP contribution in [0.1, 0.15) is 12.2 Å². The molecule has 0 aliphatic carbocycles. The van der Waals surface area contributed by atoms with E-state index in [4.69, 9.17) is 10.5 Å². The van der Waals surface area contributed by atoms with Crippen LogP contribution in [0.25, 0.3) is 11.0 Å². The van der Waals surface area contributed by atoms with Gasteiger partial charge in [-0.15, -0.1) is 0 Å². The Balaban J connectivity index is 1.91. The van der Waals surface area contributed by atoms with Gasteiger partial charge in [0.25, 0.3) is 0 Å². The number of nitrogens with one attached hydrogen (secondary N) is 1. The Morgan fingerprint density at radius 3 is 3.18 bits per heavy atom. The molecule has 1 aromatic carbocycles. The van der Waals surface area contributed by atoms with Gasteiger partial charge in [0, 0.05) is 19.4 Å². The van der Waals surface area contributed by atoms with E-state index in [1.807, 2.05) is 30.0 Å². The van der Waals surface area contributed by atoms with Crippen LogP contribution in [0.3, 0.4) is 0 Å². The lowest BCUT2D eigenvalue weighted by Gasteiger charge is -1.98. The number of benzene rings is 1. The van der Waals surface area contributed by atoms with Gasteiger partial charge in [0.1, 0.15) is 5.82 Å². The Labute approximate surface area is 105 Å². The number of nitrogens with zero attached hydrogens (tertiary/aromatic N) is 1. The number of methoxy groups -OCH3 is 1. The van der Waals surface area contributed by atoms with Crippen LogP contribution < -0.4 is 5.73 Å². The Kier molecular flexibility index (Phi) is 4.28. The van der Waals surface area contributed by atoms with E-state index < -0.39 is 0 Å². The van der Waals surface area contributed by atoms with Crippen molar-refractivity contribution < 1.29 is 4.74 Å². The molecule has 5 heteroatoms. The second kappa shape index (κ2) is 5.93. The fourth-order valence-electron chi connectivity index (χ4n) is 1.62. The van der Waals surface area contributed by atoms with Crippen LogP contribution in [0.2, 0.25) is 0 Å². The third kappa shape index (κ3) is 3.38. The summed E-state index contributed by atoms with van der Waals surface area (Å²) in [4.78, 5) is 7.79. The number of nitrogen functional groups attached to an aromatic ring is 1. The quantitative estimate of drug-likeness (QED) is 0.611. The molecule has 0 fully saturated rings. The van der Waals surface area contributed by atoms with Gasteiger partial charge >= 0.3 is 0 Å². The highest BCUT2D eigenvalue weighted by Gasteiger charge is 2.02. The maximum Gasteiger partial charge on any atom is 0.117 e. The molecule has 0 saturated carbocycles. The third-order valence-corrected chi connectivity index (χ3v) is 3.49. The zero-order chi connectivity index (χ0) is 12.1. The summed E-state index contributed by atoms with van der Waals surface area (Å²) in [6.07, 6.45) is 1.08. The molecule has 0 unspecified atom stereocenters. The number of nitrogens with two attached hydrogens (primary N) is 1. The van der Waals surface area contributed by atoms with Crippen LogP contribution >= 0.6 is 11.8 Å². The van der Waals surface area contributed by atoms with Crippen molar-refractivity contribution in [3.8, 4) is 0 Å². The highest BCUT2D eigenvalue weighted by atomic mass is 32.2. The fourth-order valence-corrected chi connectivity index (χ4v) is 2.42. The van der Waals surface area contributed by atoms with Crippen molar-refractivity contribution in [2.75, 3.05) is 25.2 Å². The summed E-state index contributed by atoms with van der Waals surface area (Å²) in [5.41, 5.74) is 8.48. The van der Waals surface area contributed by atoms with Crippen LogP contribution in [0.15, 0.2) is 18.2 Å². The lowest BCUT2D eigenvalue weighted by atomic mass is 10.3. The van der Waals surface area contributed by atoms with E-state index in [1.54, 1.807) is 7.11 Å². The van der Waals surface area contributed by atoms with Gasteiger partial charge in [-0.3, -0.25) is 0 Å². The molecule has 0 atom stereocenters. The van der Waals surface area contributed by atoms with Crippen molar-refractivity contribution in [2.24, 2.45) is 0 Å².